The van der Waals surface area contributed by atoms with Gasteiger partial charge in [0.15, 0.2) is 0 Å². The average molecular weight is 513 g/mol. The van der Waals surface area contributed by atoms with Gasteiger partial charge in [0.1, 0.15) is 0 Å². The minimum atomic E-state index is 0.766. The van der Waals surface area contributed by atoms with Crippen LogP contribution in [0.2, 0.25) is 0 Å². The van der Waals surface area contributed by atoms with Gasteiger partial charge in [-0.05, 0) is 45.5 Å². The summed E-state index contributed by atoms with van der Waals surface area (Å²) in [6.07, 6.45) is 1.53. The Morgan fingerprint density at radius 3 is 1.10 bits per heavy atom. The molecule has 2 aromatic heterocycles. The quantitative estimate of drug-likeness (QED) is 0.208. The number of pyridine rings is 2. The number of fused-ring (bicyclic) bond motifs is 3. The van der Waals surface area contributed by atoms with Gasteiger partial charge in [-0.25, -0.2) is 0 Å². The van der Waals surface area contributed by atoms with Crippen LogP contribution in [0.1, 0.15) is 22.5 Å². The standard InChI is InChI=1S/C38H28N2/c1-5-13-27(14-6-1)23-31-25-35(29-17-9-3-10-18-29)33-21-22-34-36(30-19-11-4-12-20-30)26-32(40-38(34)37(33)39-31)24-28-15-7-2-8-16-28/h1-22,25-26H,23-24H2. The predicted octanol–water partition coefficient (Wildman–Crippen LogP) is 9.30. The van der Waals surface area contributed by atoms with Crippen molar-refractivity contribution < 1.29 is 0 Å². The summed E-state index contributed by atoms with van der Waals surface area (Å²) >= 11 is 0. The van der Waals surface area contributed by atoms with E-state index >= 15 is 0 Å². The highest BCUT2D eigenvalue weighted by Gasteiger charge is 2.16. The van der Waals surface area contributed by atoms with Crippen LogP contribution in [0.25, 0.3) is 44.1 Å². The maximum atomic E-state index is 5.31. The number of benzene rings is 5. The van der Waals surface area contributed by atoms with Crippen LogP contribution in [-0.2, 0) is 12.8 Å². The van der Waals surface area contributed by atoms with Crippen molar-refractivity contribution >= 4 is 21.8 Å². The van der Waals surface area contributed by atoms with Gasteiger partial charge in [-0.1, -0.05) is 133 Å². The molecule has 40 heavy (non-hydrogen) atoms. The average Bonchev–Trinajstić information content (AvgIpc) is 3.02. The first-order valence-corrected chi connectivity index (χ1v) is 13.8. The Labute approximate surface area is 234 Å². The van der Waals surface area contributed by atoms with Gasteiger partial charge in [-0.3, -0.25) is 9.97 Å². The van der Waals surface area contributed by atoms with Crippen molar-refractivity contribution in [3.05, 3.63) is 168 Å². The molecular formula is C38H28N2. The highest BCUT2D eigenvalue weighted by atomic mass is 14.8. The maximum absolute atomic E-state index is 5.31. The number of hydrogen-bond donors (Lipinski definition) is 0. The molecule has 0 bridgehead atoms. The fourth-order valence-electron chi connectivity index (χ4n) is 5.59. The van der Waals surface area contributed by atoms with Crippen LogP contribution < -0.4 is 0 Å². The molecule has 2 nitrogen and oxygen atoms in total. The fraction of sp³-hybridized carbons (Fsp3) is 0.0526. The molecule has 0 radical (unpaired) electrons. The number of rotatable bonds is 6. The second kappa shape index (κ2) is 10.6. The summed E-state index contributed by atoms with van der Waals surface area (Å²) in [4.78, 5) is 10.6. The first-order chi connectivity index (χ1) is 19.8. The summed E-state index contributed by atoms with van der Waals surface area (Å²) < 4.78 is 0. The molecule has 2 heterocycles. The Bertz CT molecular complexity index is 1770. The van der Waals surface area contributed by atoms with Crippen LogP contribution in [0.5, 0.6) is 0 Å². The molecule has 7 aromatic rings. The number of nitrogens with zero attached hydrogens (tertiary/aromatic N) is 2. The molecule has 0 fully saturated rings. The van der Waals surface area contributed by atoms with E-state index in [4.69, 9.17) is 9.97 Å². The van der Waals surface area contributed by atoms with E-state index in [9.17, 15) is 0 Å². The Balaban J connectivity index is 1.51. The molecule has 0 atom stereocenters. The molecule has 0 amide bonds. The lowest BCUT2D eigenvalue weighted by atomic mass is 9.94. The molecule has 190 valence electrons. The maximum Gasteiger partial charge on any atom is 0.0974 e. The van der Waals surface area contributed by atoms with Crippen LogP contribution in [0, 0.1) is 0 Å². The van der Waals surface area contributed by atoms with Crippen molar-refractivity contribution in [3.63, 3.8) is 0 Å². The van der Waals surface area contributed by atoms with Crippen LogP contribution in [0.15, 0.2) is 146 Å². The first-order valence-electron chi connectivity index (χ1n) is 13.8. The molecule has 0 saturated carbocycles. The van der Waals surface area contributed by atoms with Crippen LogP contribution in [-0.4, -0.2) is 9.97 Å². The molecule has 0 unspecified atom stereocenters. The second-order valence-electron chi connectivity index (χ2n) is 10.2. The first kappa shape index (κ1) is 24.0. The van der Waals surface area contributed by atoms with Crippen molar-refractivity contribution in [3.8, 4) is 22.3 Å². The lowest BCUT2D eigenvalue weighted by molar-refractivity contribution is 1.09. The third-order valence-electron chi connectivity index (χ3n) is 7.49. The smallest absolute Gasteiger partial charge is 0.0974 e. The van der Waals surface area contributed by atoms with E-state index in [2.05, 4.69) is 146 Å². The van der Waals surface area contributed by atoms with Gasteiger partial charge in [0, 0.05) is 35.0 Å². The van der Waals surface area contributed by atoms with E-state index in [-0.39, 0.29) is 0 Å². The molecule has 0 aliphatic carbocycles. The van der Waals surface area contributed by atoms with Crippen LogP contribution in [0.3, 0.4) is 0 Å². The monoisotopic (exact) mass is 512 g/mol. The Morgan fingerprint density at radius 2 is 0.725 bits per heavy atom. The van der Waals surface area contributed by atoms with E-state index in [1.165, 1.54) is 33.4 Å². The van der Waals surface area contributed by atoms with Gasteiger partial charge >= 0.3 is 0 Å². The number of aromatic nitrogens is 2. The Morgan fingerprint density at radius 1 is 0.375 bits per heavy atom. The fourth-order valence-corrected chi connectivity index (χ4v) is 5.59. The number of hydrogen-bond acceptors (Lipinski definition) is 2. The Kier molecular flexibility index (Phi) is 6.35. The van der Waals surface area contributed by atoms with Gasteiger partial charge < -0.3 is 0 Å². The SMILES string of the molecule is c1ccc(Cc2cc(-c3ccccc3)c3ccc4c(-c5ccccc5)cc(Cc5ccccc5)nc4c3n2)cc1. The molecule has 5 aromatic carbocycles. The van der Waals surface area contributed by atoms with E-state index in [1.807, 2.05) is 0 Å². The normalized spacial score (nSPS) is 11.2. The summed E-state index contributed by atoms with van der Waals surface area (Å²) in [6.45, 7) is 0. The summed E-state index contributed by atoms with van der Waals surface area (Å²) in [5, 5.41) is 2.25. The minimum absolute atomic E-state index is 0.766. The van der Waals surface area contributed by atoms with E-state index < -0.39 is 0 Å². The Hall–Kier alpha value is -5.08. The molecule has 7 rings (SSSR count). The molecule has 2 heteroatoms. The lowest BCUT2D eigenvalue weighted by Gasteiger charge is -2.15. The van der Waals surface area contributed by atoms with E-state index in [1.54, 1.807) is 0 Å². The lowest BCUT2D eigenvalue weighted by Crippen LogP contribution is -2.00. The molecule has 0 aliphatic rings. The largest absolute Gasteiger partial charge is 0.250 e. The summed E-state index contributed by atoms with van der Waals surface area (Å²) in [6, 6.07) is 51.4. The highest BCUT2D eigenvalue weighted by molar-refractivity contribution is 6.12. The van der Waals surface area contributed by atoms with Crippen molar-refractivity contribution in [2.75, 3.05) is 0 Å². The molecule has 0 saturated heterocycles. The minimum Gasteiger partial charge on any atom is -0.250 e. The van der Waals surface area contributed by atoms with E-state index in [0.717, 1.165) is 46.0 Å². The van der Waals surface area contributed by atoms with Crippen LogP contribution >= 0.6 is 0 Å². The molecular weight excluding hydrogens is 484 g/mol. The van der Waals surface area contributed by atoms with Crippen molar-refractivity contribution in [2.24, 2.45) is 0 Å². The van der Waals surface area contributed by atoms with Gasteiger partial charge in [0.05, 0.1) is 11.0 Å². The van der Waals surface area contributed by atoms with Crippen molar-refractivity contribution in [1.82, 2.24) is 9.97 Å². The van der Waals surface area contributed by atoms with Gasteiger partial charge in [-0.15, -0.1) is 0 Å². The van der Waals surface area contributed by atoms with Gasteiger partial charge in [-0.2, -0.15) is 0 Å². The zero-order chi connectivity index (χ0) is 26.7. The third-order valence-corrected chi connectivity index (χ3v) is 7.49. The van der Waals surface area contributed by atoms with Gasteiger partial charge in [0.25, 0.3) is 0 Å². The molecule has 0 N–H and O–H groups in total. The summed E-state index contributed by atoms with van der Waals surface area (Å²) in [5.74, 6) is 0. The van der Waals surface area contributed by atoms with Gasteiger partial charge in [0.2, 0.25) is 0 Å². The second-order valence-corrected chi connectivity index (χ2v) is 10.2. The predicted molar refractivity (Wildman–Crippen MR) is 166 cm³/mol. The van der Waals surface area contributed by atoms with Crippen molar-refractivity contribution in [2.45, 2.75) is 12.8 Å². The topological polar surface area (TPSA) is 25.8 Å². The summed E-state index contributed by atoms with van der Waals surface area (Å²) in [5.41, 5.74) is 11.2. The van der Waals surface area contributed by atoms with Crippen molar-refractivity contribution in [1.29, 1.82) is 0 Å². The molecule has 0 spiro atoms. The third kappa shape index (κ3) is 4.76. The van der Waals surface area contributed by atoms with Crippen LogP contribution in [0.4, 0.5) is 0 Å². The zero-order valence-corrected chi connectivity index (χ0v) is 22.2. The highest BCUT2D eigenvalue weighted by Crippen LogP contribution is 2.37. The zero-order valence-electron chi connectivity index (χ0n) is 22.2. The van der Waals surface area contributed by atoms with E-state index in [0.29, 0.717) is 0 Å². The summed E-state index contributed by atoms with van der Waals surface area (Å²) in [7, 11) is 0. The molecule has 0 aliphatic heterocycles.